The average molecular weight is 344 g/mol. The van der Waals surface area contributed by atoms with Gasteiger partial charge in [0.25, 0.3) is 5.91 Å². The number of benzene rings is 1. The molecular weight excluding hydrogens is 323 g/mol. The molecule has 132 valence electrons. The highest BCUT2D eigenvalue weighted by Crippen LogP contribution is 2.17. The lowest BCUT2D eigenvalue weighted by molar-refractivity contribution is -0.135. The van der Waals surface area contributed by atoms with E-state index in [1.54, 1.807) is 23.1 Å². The number of nitrogens with zero attached hydrogens (tertiary/aromatic N) is 1. The highest BCUT2D eigenvalue weighted by atomic mass is 19.1. The van der Waals surface area contributed by atoms with Crippen molar-refractivity contribution < 1.29 is 18.4 Å². The first-order valence-corrected chi connectivity index (χ1v) is 8.49. The van der Waals surface area contributed by atoms with Gasteiger partial charge in [-0.1, -0.05) is 12.1 Å². The third-order valence-electron chi connectivity index (χ3n) is 4.40. The molecule has 0 bridgehead atoms. The molecule has 1 aliphatic rings. The van der Waals surface area contributed by atoms with Crippen molar-refractivity contribution >= 4 is 11.8 Å². The van der Waals surface area contributed by atoms with Crippen LogP contribution in [0.1, 0.15) is 35.4 Å². The molecule has 25 heavy (non-hydrogen) atoms. The molecule has 1 aliphatic heterocycles. The van der Waals surface area contributed by atoms with Crippen molar-refractivity contribution in [3.63, 3.8) is 0 Å². The summed E-state index contributed by atoms with van der Waals surface area (Å²) in [5.41, 5.74) is 0.802. The van der Waals surface area contributed by atoms with Crippen molar-refractivity contribution in [3.05, 3.63) is 59.8 Å². The van der Waals surface area contributed by atoms with Gasteiger partial charge in [-0.25, -0.2) is 4.39 Å². The van der Waals surface area contributed by atoms with Gasteiger partial charge >= 0.3 is 0 Å². The Morgan fingerprint density at radius 1 is 1.28 bits per heavy atom. The molecule has 0 radical (unpaired) electrons. The SMILES string of the molecule is O=C(NC[C@@H](Cc1cccc(F)c1)N1CCCCC1=O)c1ccco1. The van der Waals surface area contributed by atoms with Crippen LogP contribution >= 0.6 is 0 Å². The van der Waals surface area contributed by atoms with Crippen molar-refractivity contribution in [2.75, 3.05) is 13.1 Å². The van der Waals surface area contributed by atoms with Crippen molar-refractivity contribution in [1.82, 2.24) is 10.2 Å². The van der Waals surface area contributed by atoms with Crippen LogP contribution in [0.2, 0.25) is 0 Å². The molecule has 5 nitrogen and oxygen atoms in total. The van der Waals surface area contributed by atoms with Crippen LogP contribution in [-0.2, 0) is 11.2 Å². The Hall–Kier alpha value is -2.63. The van der Waals surface area contributed by atoms with Crippen molar-refractivity contribution in [1.29, 1.82) is 0 Å². The van der Waals surface area contributed by atoms with E-state index in [0.717, 1.165) is 18.4 Å². The Morgan fingerprint density at radius 3 is 2.88 bits per heavy atom. The molecule has 2 amide bonds. The summed E-state index contributed by atoms with van der Waals surface area (Å²) in [5.74, 6) is -0.311. The number of nitrogens with one attached hydrogen (secondary N) is 1. The predicted octanol–water partition coefficient (Wildman–Crippen LogP) is 2.77. The fourth-order valence-electron chi connectivity index (χ4n) is 3.15. The minimum atomic E-state index is -0.321. The zero-order chi connectivity index (χ0) is 17.6. The predicted molar refractivity (Wildman–Crippen MR) is 90.5 cm³/mol. The fourth-order valence-corrected chi connectivity index (χ4v) is 3.15. The monoisotopic (exact) mass is 344 g/mol. The zero-order valence-corrected chi connectivity index (χ0v) is 13.9. The van der Waals surface area contributed by atoms with E-state index < -0.39 is 0 Å². The maximum atomic E-state index is 13.5. The minimum absolute atomic E-state index is 0.0832. The molecule has 0 spiro atoms. The molecule has 6 heteroatoms. The van der Waals surface area contributed by atoms with Crippen LogP contribution in [0.5, 0.6) is 0 Å². The van der Waals surface area contributed by atoms with Gasteiger partial charge in [0.15, 0.2) is 5.76 Å². The van der Waals surface area contributed by atoms with Crippen molar-refractivity contribution in [2.24, 2.45) is 0 Å². The van der Waals surface area contributed by atoms with Gasteiger partial charge in [0.1, 0.15) is 5.82 Å². The molecular formula is C19H21FN2O3. The third-order valence-corrected chi connectivity index (χ3v) is 4.40. The molecule has 1 fully saturated rings. The molecule has 0 saturated carbocycles. The van der Waals surface area contributed by atoms with Crippen LogP contribution in [0.4, 0.5) is 4.39 Å². The number of hydrogen-bond acceptors (Lipinski definition) is 3. The molecule has 2 aromatic rings. The first-order valence-electron chi connectivity index (χ1n) is 8.49. The largest absolute Gasteiger partial charge is 0.459 e. The standard InChI is InChI=1S/C19H21FN2O3/c20-15-6-3-5-14(11-15)12-16(22-9-2-1-8-18(22)23)13-21-19(24)17-7-4-10-25-17/h3-7,10-11,16H,1-2,8-9,12-13H2,(H,21,24)/t16-/m1/s1. The Morgan fingerprint density at radius 2 is 2.16 bits per heavy atom. The molecule has 1 aromatic carbocycles. The number of amides is 2. The van der Waals surface area contributed by atoms with E-state index in [-0.39, 0.29) is 29.4 Å². The quantitative estimate of drug-likeness (QED) is 0.876. The highest BCUT2D eigenvalue weighted by molar-refractivity contribution is 5.91. The summed E-state index contributed by atoms with van der Waals surface area (Å²) < 4.78 is 18.6. The van der Waals surface area contributed by atoms with E-state index in [1.165, 1.54) is 18.4 Å². The first-order chi connectivity index (χ1) is 12.1. The molecule has 1 saturated heterocycles. The van der Waals surface area contributed by atoms with Gasteiger partial charge in [-0.15, -0.1) is 0 Å². The third kappa shape index (κ3) is 4.47. The molecule has 1 aromatic heterocycles. The lowest BCUT2D eigenvalue weighted by Crippen LogP contribution is -2.49. The highest BCUT2D eigenvalue weighted by Gasteiger charge is 2.27. The van der Waals surface area contributed by atoms with Crippen LogP contribution < -0.4 is 5.32 Å². The van der Waals surface area contributed by atoms with Gasteiger partial charge < -0.3 is 14.6 Å². The molecule has 2 heterocycles. The Balaban J connectivity index is 1.71. The maximum absolute atomic E-state index is 13.5. The van der Waals surface area contributed by atoms with Crippen LogP contribution in [-0.4, -0.2) is 35.8 Å². The second-order valence-electron chi connectivity index (χ2n) is 6.22. The Labute approximate surface area is 145 Å². The topological polar surface area (TPSA) is 62.6 Å². The van der Waals surface area contributed by atoms with Gasteiger partial charge in [0.2, 0.25) is 5.91 Å². The summed E-state index contributed by atoms with van der Waals surface area (Å²) in [5, 5.41) is 2.82. The average Bonchev–Trinajstić information content (AvgIpc) is 3.14. The van der Waals surface area contributed by atoms with E-state index in [1.807, 2.05) is 6.07 Å². The fraction of sp³-hybridized carbons (Fsp3) is 0.368. The van der Waals surface area contributed by atoms with Gasteiger partial charge in [-0.05, 0) is 49.1 Å². The Bertz CT molecular complexity index is 730. The smallest absolute Gasteiger partial charge is 0.287 e. The molecule has 0 unspecified atom stereocenters. The van der Waals surface area contributed by atoms with E-state index in [0.29, 0.717) is 25.9 Å². The normalized spacial score (nSPS) is 15.9. The van der Waals surface area contributed by atoms with Crippen LogP contribution in [0.15, 0.2) is 47.1 Å². The second kappa shape index (κ2) is 7.96. The van der Waals surface area contributed by atoms with Crippen molar-refractivity contribution in [2.45, 2.75) is 31.7 Å². The Kier molecular flexibility index (Phi) is 5.48. The van der Waals surface area contributed by atoms with E-state index >= 15 is 0 Å². The first kappa shape index (κ1) is 17.2. The second-order valence-corrected chi connectivity index (χ2v) is 6.22. The number of hydrogen-bond donors (Lipinski definition) is 1. The van der Waals surface area contributed by atoms with Gasteiger partial charge in [0.05, 0.1) is 12.3 Å². The van der Waals surface area contributed by atoms with Crippen LogP contribution in [0, 0.1) is 5.82 Å². The van der Waals surface area contributed by atoms with Gasteiger partial charge in [-0.3, -0.25) is 9.59 Å². The zero-order valence-electron chi connectivity index (χ0n) is 13.9. The maximum Gasteiger partial charge on any atom is 0.287 e. The summed E-state index contributed by atoms with van der Waals surface area (Å²) in [6, 6.07) is 9.36. The lowest BCUT2D eigenvalue weighted by Gasteiger charge is -2.35. The summed E-state index contributed by atoms with van der Waals surface area (Å²) in [6.45, 7) is 0.956. The number of piperidine rings is 1. The van der Waals surface area contributed by atoms with E-state index in [9.17, 15) is 14.0 Å². The molecule has 1 N–H and O–H groups in total. The van der Waals surface area contributed by atoms with Crippen LogP contribution in [0.3, 0.4) is 0 Å². The van der Waals surface area contributed by atoms with Gasteiger partial charge in [0, 0.05) is 19.5 Å². The van der Waals surface area contributed by atoms with Crippen LogP contribution in [0.25, 0.3) is 0 Å². The number of carbonyl (C=O) groups is 2. The number of rotatable bonds is 6. The summed E-state index contributed by atoms with van der Waals surface area (Å²) >= 11 is 0. The minimum Gasteiger partial charge on any atom is -0.459 e. The number of carbonyl (C=O) groups excluding carboxylic acids is 2. The lowest BCUT2D eigenvalue weighted by atomic mass is 10.0. The number of likely N-dealkylation sites (tertiary alicyclic amines) is 1. The number of furan rings is 1. The summed E-state index contributed by atoms with van der Waals surface area (Å²) in [6.07, 6.45) is 4.28. The van der Waals surface area contributed by atoms with Crippen molar-refractivity contribution in [3.8, 4) is 0 Å². The molecule has 3 rings (SSSR count). The summed E-state index contributed by atoms with van der Waals surface area (Å²) in [4.78, 5) is 26.2. The molecule has 1 atom stereocenters. The number of halogens is 1. The van der Waals surface area contributed by atoms with E-state index in [2.05, 4.69) is 5.32 Å². The molecule has 0 aliphatic carbocycles. The van der Waals surface area contributed by atoms with E-state index in [4.69, 9.17) is 4.42 Å². The summed E-state index contributed by atoms with van der Waals surface area (Å²) in [7, 11) is 0. The van der Waals surface area contributed by atoms with Gasteiger partial charge in [-0.2, -0.15) is 0 Å².